The molecule has 8 nitrogen and oxygen atoms in total. The molecule has 3 rings (SSSR count). The van der Waals surface area contributed by atoms with E-state index in [0.717, 1.165) is 0 Å². The minimum absolute atomic E-state index is 0.0903. The maximum atomic E-state index is 12.9. The van der Waals surface area contributed by atoms with E-state index in [0.29, 0.717) is 28.5 Å². The lowest BCUT2D eigenvalue weighted by atomic mass is 10.1. The monoisotopic (exact) mass is 407 g/mol. The standard InChI is InChI=1S/C22H21N3O5/c1-24-22(27)20-14-25(16-5-3-4-6-17(16)30-20)21(26)10-8-15-7-9-18(29-12-11-23)19(13-15)28-2/h3-10,13,20H,12,14H2,1-2H3,(H,24,27)/b10-8+/t20-/m1/s1. The van der Waals surface area contributed by atoms with Crippen LogP contribution in [0.4, 0.5) is 5.69 Å². The molecule has 0 fully saturated rings. The number of methoxy groups -OCH3 is 1. The maximum Gasteiger partial charge on any atom is 0.262 e. The molecule has 154 valence electrons. The SMILES string of the molecule is CNC(=O)[C@H]1CN(C(=O)/C=C/c2ccc(OCC#N)c(OC)c2)c2ccccc2O1. The van der Waals surface area contributed by atoms with E-state index in [1.807, 2.05) is 6.07 Å². The summed E-state index contributed by atoms with van der Waals surface area (Å²) < 4.78 is 16.3. The lowest BCUT2D eigenvalue weighted by molar-refractivity contribution is -0.127. The summed E-state index contributed by atoms with van der Waals surface area (Å²) in [5.41, 5.74) is 1.32. The Morgan fingerprint density at radius 3 is 2.83 bits per heavy atom. The molecule has 1 heterocycles. The second-order valence-corrected chi connectivity index (χ2v) is 6.33. The molecule has 0 spiro atoms. The van der Waals surface area contributed by atoms with Crippen molar-refractivity contribution in [1.82, 2.24) is 5.32 Å². The number of nitrogens with zero attached hydrogens (tertiary/aromatic N) is 2. The highest BCUT2D eigenvalue weighted by molar-refractivity contribution is 6.05. The maximum absolute atomic E-state index is 12.9. The molecule has 0 aromatic heterocycles. The van der Waals surface area contributed by atoms with Crippen molar-refractivity contribution in [3.05, 3.63) is 54.1 Å². The third-order valence-electron chi connectivity index (χ3n) is 4.48. The Morgan fingerprint density at radius 1 is 1.30 bits per heavy atom. The van der Waals surface area contributed by atoms with Gasteiger partial charge in [-0.2, -0.15) is 5.26 Å². The summed E-state index contributed by atoms with van der Waals surface area (Å²) in [5.74, 6) is 0.779. The van der Waals surface area contributed by atoms with Crippen molar-refractivity contribution in [3.63, 3.8) is 0 Å². The number of anilines is 1. The van der Waals surface area contributed by atoms with E-state index >= 15 is 0 Å². The van der Waals surface area contributed by atoms with Gasteiger partial charge in [0.05, 0.1) is 19.3 Å². The molecule has 2 aromatic carbocycles. The highest BCUT2D eigenvalue weighted by Crippen LogP contribution is 2.33. The first-order valence-corrected chi connectivity index (χ1v) is 9.22. The topological polar surface area (TPSA) is 101 Å². The number of hydrogen-bond donors (Lipinski definition) is 1. The van der Waals surface area contributed by atoms with Crippen molar-refractivity contribution in [2.24, 2.45) is 0 Å². The van der Waals surface area contributed by atoms with Crippen LogP contribution in [-0.4, -0.2) is 45.2 Å². The van der Waals surface area contributed by atoms with Gasteiger partial charge in [-0.15, -0.1) is 0 Å². The molecule has 1 aliphatic heterocycles. The number of carbonyl (C=O) groups is 2. The Balaban J connectivity index is 1.81. The molecule has 8 heteroatoms. The van der Waals surface area contributed by atoms with Gasteiger partial charge in [0.1, 0.15) is 11.8 Å². The molecule has 0 aliphatic carbocycles. The Morgan fingerprint density at radius 2 is 2.10 bits per heavy atom. The minimum Gasteiger partial charge on any atom is -0.493 e. The van der Waals surface area contributed by atoms with Crippen LogP contribution in [0.3, 0.4) is 0 Å². The van der Waals surface area contributed by atoms with Gasteiger partial charge in [-0.05, 0) is 35.9 Å². The zero-order valence-corrected chi connectivity index (χ0v) is 16.6. The molecule has 0 saturated heterocycles. The lowest BCUT2D eigenvalue weighted by Gasteiger charge is -2.33. The lowest BCUT2D eigenvalue weighted by Crippen LogP contribution is -2.49. The van der Waals surface area contributed by atoms with Crippen molar-refractivity contribution in [1.29, 1.82) is 5.26 Å². The van der Waals surface area contributed by atoms with Gasteiger partial charge in [0, 0.05) is 13.1 Å². The quantitative estimate of drug-likeness (QED) is 0.737. The number of benzene rings is 2. The second-order valence-electron chi connectivity index (χ2n) is 6.33. The summed E-state index contributed by atoms with van der Waals surface area (Å²) in [6.07, 6.45) is 2.28. The van der Waals surface area contributed by atoms with E-state index in [4.69, 9.17) is 19.5 Å². The number of ether oxygens (including phenoxy) is 3. The molecule has 1 aliphatic rings. The minimum atomic E-state index is -0.793. The first kappa shape index (κ1) is 20.7. The third kappa shape index (κ3) is 4.52. The number of likely N-dealkylation sites (N-methyl/N-ethyl adjacent to an activating group) is 1. The molecule has 30 heavy (non-hydrogen) atoms. The van der Waals surface area contributed by atoms with Crippen LogP contribution in [0.2, 0.25) is 0 Å². The Bertz CT molecular complexity index is 1010. The molecule has 0 radical (unpaired) electrons. The Kier molecular flexibility index (Phi) is 6.55. The summed E-state index contributed by atoms with van der Waals surface area (Å²) in [6.45, 7) is 0.0110. The molecule has 2 aromatic rings. The molecular formula is C22H21N3O5. The van der Waals surface area contributed by atoms with Crippen molar-refractivity contribution in [2.75, 3.05) is 32.2 Å². The summed E-state index contributed by atoms with van der Waals surface area (Å²) >= 11 is 0. The van der Waals surface area contributed by atoms with Crippen LogP contribution < -0.4 is 24.4 Å². The molecule has 0 bridgehead atoms. The first-order chi connectivity index (χ1) is 14.6. The molecular weight excluding hydrogens is 386 g/mol. The van der Waals surface area contributed by atoms with Crippen LogP contribution in [-0.2, 0) is 9.59 Å². The summed E-state index contributed by atoms with van der Waals surface area (Å²) in [4.78, 5) is 26.5. The van der Waals surface area contributed by atoms with Crippen LogP contribution >= 0.6 is 0 Å². The highest BCUT2D eigenvalue weighted by Gasteiger charge is 2.32. The van der Waals surface area contributed by atoms with Crippen LogP contribution in [0, 0.1) is 11.3 Å². The summed E-state index contributed by atoms with van der Waals surface area (Å²) in [7, 11) is 3.02. The van der Waals surface area contributed by atoms with Crippen molar-refractivity contribution in [2.45, 2.75) is 6.10 Å². The smallest absolute Gasteiger partial charge is 0.262 e. The number of nitriles is 1. The van der Waals surface area contributed by atoms with Crippen molar-refractivity contribution in [3.8, 4) is 23.3 Å². The predicted octanol–water partition coefficient (Wildman–Crippen LogP) is 2.15. The molecule has 1 atom stereocenters. The molecule has 0 saturated carbocycles. The first-order valence-electron chi connectivity index (χ1n) is 9.22. The van der Waals surface area contributed by atoms with Crippen molar-refractivity contribution < 1.29 is 23.8 Å². The number of fused-ring (bicyclic) bond motifs is 1. The van der Waals surface area contributed by atoms with Gasteiger partial charge in [0.15, 0.2) is 24.2 Å². The number of nitrogens with one attached hydrogen (secondary N) is 1. The fraction of sp³-hybridized carbons (Fsp3) is 0.227. The van der Waals surface area contributed by atoms with E-state index < -0.39 is 6.10 Å². The fourth-order valence-electron chi connectivity index (χ4n) is 3.02. The van der Waals surface area contributed by atoms with Gasteiger partial charge in [-0.25, -0.2) is 0 Å². The zero-order chi connectivity index (χ0) is 21.5. The summed E-state index contributed by atoms with van der Waals surface area (Å²) in [6, 6.07) is 14.1. The van der Waals surface area contributed by atoms with Gasteiger partial charge >= 0.3 is 0 Å². The number of para-hydroxylation sites is 2. The number of hydrogen-bond acceptors (Lipinski definition) is 6. The fourth-order valence-corrected chi connectivity index (χ4v) is 3.02. The van der Waals surface area contributed by atoms with Crippen LogP contribution in [0.5, 0.6) is 17.2 Å². The third-order valence-corrected chi connectivity index (χ3v) is 4.48. The van der Waals surface area contributed by atoms with Gasteiger partial charge in [0.25, 0.3) is 11.8 Å². The molecule has 2 amide bonds. The van der Waals surface area contributed by atoms with Gasteiger partial charge in [-0.1, -0.05) is 18.2 Å². The zero-order valence-electron chi connectivity index (χ0n) is 16.6. The van der Waals surface area contributed by atoms with E-state index in [1.54, 1.807) is 48.5 Å². The largest absolute Gasteiger partial charge is 0.493 e. The molecule has 0 unspecified atom stereocenters. The Labute approximate surface area is 174 Å². The van der Waals surface area contributed by atoms with Gasteiger partial charge < -0.3 is 24.4 Å². The van der Waals surface area contributed by atoms with Gasteiger partial charge in [0.2, 0.25) is 0 Å². The van der Waals surface area contributed by atoms with E-state index in [2.05, 4.69) is 5.32 Å². The van der Waals surface area contributed by atoms with E-state index in [-0.39, 0.29) is 25.0 Å². The van der Waals surface area contributed by atoms with Crippen LogP contribution in [0.15, 0.2) is 48.5 Å². The predicted molar refractivity (Wildman–Crippen MR) is 110 cm³/mol. The van der Waals surface area contributed by atoms with Crippen molar-refractivity contribution >= 4 is 23.6 Å². The average molecular weight is 407 g/mol. The van der Waals surface area contributed by atoms with E-state index in [1.165, 1.54) is 25.1 Å². The highest BCUT2D eigenvalue weighted by atomic mass is 16.5. The second kappa shape index (κ2) is 9.47. The van der Waals surface area contributed by atoms with Crippen LogP contribution in [0.25, 0.3) is 6.08 Å². The summed E-state index contributed by atoms with van der Waals surface area (Å²) in [5, 5.41) is 11.2. The Hall–Kier alpha value is -3.99. The number of amides is 2. The van der Waals surface area contributed by atoms with E-state index in [9.17, 15) is 9.59 Å². The van der Waals surface area contributed by atoms with Crippen LogP contribution in [0.1, 0.15) is 5.56 Å². The number of rotatable bonds is 6. The molecule has 1 N–H and O–H groups in total. The average Bonchev–Trinajstić information content (AvgIpc) is 2.79. The number of carbonyl (C=O) groups excluding carboxylic acids is 2. The normalized spacial score (nSPS) is 15.0. The van der Waals surface area contributed by atoms with Gasteiger partial charge in [-0.3, -0.25) is 9.59 Å².